The average molecular weight is 483 g/mol. The number of para-hydroxylation sites is 1. The van der Waals surface area contributed by atoms with E-state index >= 15 is 0 Å². The molecule has 1 unspecified atom stereocenters. The Labute approximate surface area is 209 Å². The summed E-state index contributed by atoms with van der Waals surface area (Å²) in [4.78, 5) is 27.0. The number of carbonyl (C=O) groups is 1. The summed E-state index contributed by atoms with van der Waals surface area (Å²) in [5.74, 6) is -0.524. The first-order valence-corrected chi connectivity index (χ1v) is 11.8. The summed E-state index contributed by atoms with van der Waals surface area (Å²) < 4.78 is 6.45. The van der Waals surface area contributed by atoms with Crippen LogP contribution in [0.5, 0.6) is 0 Å². The van der Waals surface area contributed by atoms with Gasteiger partial charge in [-0.1, -0.05) is 42.5 Å². The van der Waals surface area contributed by atoms with Gasteiger partial charge in [0.25, 0.3) is 0 Å². The molecule has 0 fully saturated rings. The van der Waals surface area contributed by atoms with E-state index in [1.807, 2.05) is 82.4 Å². The normalized spacial score (nSPS) is 13.1. The quantitative estimate of drug-likeness (QED) is 0.413. The first-order valence-electron chi connectivity index (χ1n) is 11.8. The SMILES string of the molecule is C/C=c1\c(-c2cc(=O)c3cc(C)cc(C(C)Nc4ccccc4C(=O)O)c3o2)ccc\c1=C\N(C)C. The largest absolute Gasteiger partial charge is 0.478 e. The maximum atomic E-state index is 13.3. The minimum absolute atomic E-state index is 0.126. The number of carboxylic acid groups (broad SMARTS) is 1. The topological polar surface area (TPSA) is 82.8 Å². The van der Waals surface area contributed by atoms with Crippen molar-refractivity contribution in [1.29, 1.82) is 0 Å². The van der Waals surface area contributed by atoms with Crippen molar-refractivity contribution in [1.82, 2.24) is 4.90 Å². The molecule has 0 aliphatic heterocycles. The second kappa shape index (κ2) is 10.1. The fraction of sp³-hybridized carbons (Fsp3) is 0.200. The lowest BCUT2D eigenvalue weighted by molar-refractivity contribution is 0.0698. The number of hydrogen-bond acceptors (Lipinski definition) is 5. The van der Waals surface area contributed by atoms with Crippen molar-refractivity contribution in [2.75, 3.05) is 19.4 Å². The van der Waals surface area contributed by atoms with Crippen LogP contribution in [0.3, 0.4) is 0 Å². The zero-order valence-corrected chi connectivity index (χ0v) is 21.1. The maximum absolute atomic E-state index is 13.3. The summed E-state index contributed by atoms with van der Waals surface area (Å²) in [5.41, 5.74) is 3.57. The Balaban J connectivity index is 1.92. The van der Waals surface area contributed by atoms with E-state index in [0.29, 0.717) is 22.4 Å². The van der Waals surface area contributed by atoms with Gasteiger partial charge in [0.15, 0.2) is 5.43 Å². The van der Waals surface area contributed by atoms with Crippen LogP contribution in [-0.2, 0) is 0 Å². The highest BCUT2D eigenvalue weighted by Gasteiger charge is 2.18. The Hall–Kier alpha value is -4.32. The van der Waals surface area contributed by atoms with E-state index in [1.165, 1.54) is 0 Å². The molecule has 1 heterocycles. The molecule has 1 atom stereocenters. The van der Waals surface area contributed by atoms with Crippen LogP contribution in [0.15, 0.2) is 69.9 Å². The monoisotopic (exact) mass is 482 g/mol. The van der Waals surface area contributed by atoms with Crippen molar-refractivity contribution in [3.8, 4) is 11.3 Å². The highest BCUT2D eigenvalue weighted by atomic mass is 16.4. The van der Waals surface area contributed by atoms with E-state index in [2.05, 4.69) is 5.32 Å². The number of aryl methyl sites for hydroxylation is 1. The minimum Gasteiger partial charge on any atom is -0.478 e. The van der Waals surface area contributed by atoms with E-state index < -0.39 is 5.97 Å². The van der Waals surface area contributed by atoms with Gasteiger partial charge in [0.1, 0.15) is 11.3 Å². The summed E-state index contributed by atoms with van der Waals surface area (Å²) in [7, 11) is 3.93. The fourth-order valence-corrected chi connectivity index (χ4v) is 4.51. The van der Waals surface area contributed by atoms with Crippen LogP contribution in [0.25, 0.3) is 34.6 Å². The van der Waals surface area contributed by atoms with Gasteiger partial charge in [-0.15, -0.1) is 0 Å². The summed E-state index contributed by atoms with van der Waals surface area (Å²) in [6.07, 6.45) is 4.04. The third kappa shape index (κ3) is 4.89. The van der Waals surface area contributed by atoms with Crippen molar-refractivity contribution in [2.45, 2.75) is 26.8 Å². The molecule has 6 nitrogen and oxygen atoms in total. The molecule has 0 saturated heterocycles. The molecule has 0 radical (unpaired) electrons. The molecule has 4 aromatic rings. The number of rotatable bonds is 6. The summed E-state index contributed by atoms with van der Waals surface area (Å²) in [6.45, 7) is 5.82. The predicted molar refractivity (Wildman–Crippen MR) is 146 cm³/mol. The summed E-state index contributed by atoms with van der Waals surface area (Å²) >= 11 is 0. The van der Waals surface area contributed by atoms with Crippen molar-refractivity contribution in [3.63, 3.8) is 0 Å². The highest BCUT2D eigenvalue weighted by Crippen LogP contribution is 2.30. The maximum Gasteiger partial charge on any atom is 0.337 e. The lowest BCUT2D eigenvalue weighted by Crippen LogP contribution is -2.28. The predicted octanol–water partition coefficient (Wildman–Crippen LogP) is 4.74. The Morgan fingerprint density at radius 1 is 1.08 bits per heavy atom. The molecular weight excluding hydrogens is 452 g/mol. The number of benzene rings is 3. The van der Waals surface area contributed by atoms with Crippen LogP contribution in [0.4, 0.5) is 5.69 Å². The molecule has 6 heteroatoms. The average Bonchev–Trinajstić information content (AvgIpc) is 2.83. The summed E-state index contributed by atoms with van der Waals surface area (Å²) in [6, 6.07) is 17.7. The highest BCUT2D eigenvalue weighted by molar-refractivity contribution is 5.94. The van der Waals surface area contributed by atoms with Gasteiger partial charge in [-0.25, -0.2) is 4.79 Å². The molecule has 3 aromatic carbocycles. The zero-order chi connectivity index (χ0) is 26.0. The van der Waals surface area contributed by atoms with Crippen LogP contribution in [-0.4, -0.2) is 30.1 Å². The van der Waals surface area contributed by atoms with Gasteiger partial charge in [0, 0.05) is 43.2 Å². The molecule has 0 aliphatic rings. The Bertz CT molecular complexity index is 1630. The Kier molecular flexibility index (Phi) is 6.97. The van der Waals surface area contributed by atoms with E-state index in [9.17, 15) is 14.7 Å². The first-order chi connectivity index (χ1) is 17.2. The van der Waals surface area contributed by atoms with E-state index in [1.54, 1.807) is 30.3 Å². The Morgan fingerprint density at radius 3 is 2.53 bits per heavy atom. The number of hydrogen-bond donors (Lipinski definition) is 2. The molecule has 36 heavy (non-hydrogen) atoms. The molecule has 184 valence electrons. The molecule has 0 spiro atoms. The smallest absolute Gasteiger partial charge is 0.337 e. The first kappa shape index (κ1) is 24.8. The van der Waals surface area contributed by atoms with Gasteiger partial charge < -0.3 is 19.7 Å². The lowest BCUT2D eigenvalue weighted by atomic mass is 9.99. The third-order valence-electron chi connectivity index (χ3n) is 6.09. The molecule has 0 amide bonds. The molecule has 0 bridgehead atoms. The number of fused-ring (bicyclic) bond motifs is 1. The van der Waals surface area contributed by atoms with Crippen LogP contribution >= 0.6 is 0 Å². The van der Waals surface area contributed by atoms with Crippen LogP contribution in [0, 0.1) is 6.92 Å². The van der Waals surface area contributed by atoms with Crippen molar-refractivity contribution >= 4 is 34.9 Å². The molecule has 1 aromatic heterocycles. The van der Waals surface area contributed by atoms with Gasteiger partial charge in [-0.3, -0.25) is 4.79 Å². The van der Waals surface area contributed by atoms with Crippen molar-refractivity contribution < 1.29 is 14.3 Å². The van der Waals surface area contributed by atoms with Gasteiger partial charge in [-0.05, 0) is 55.0 Å². The number of aromatic carboxylic acids is 1. The summed E-state index contributed by atoms with van der Waals surface area (Å²) in [5, 5.41) is 15.4. The van der Waals surface area contributed by atoms with Gasteiger partial charge >= 0.3 is 5.97 Å². The van der Waals surface area contributed by atoms with E-state index in [-0.39, 0.29) is 17.0 Å². The standard InChI is InChI=1S/C30H30N2O4/c1-6-21-20(17-32(4)5)10-9-12-22(21)28-16-27(33)25-15-18(2)14-24(29(25)36-28)19(3)31-26-13-8-7-11-23(26)30(34)35/h6-17,19,31H,1-5H3,(H,34,35)/b20-17-,21-6-. The number of carboxylic acids is 1. The Morgan fingerprint density at radius 2 is 1.83 bits per heavy atom. The van der Waals surface area contributed by atoms with Crippen LogP contribution in [0.1, 0.15) is 41.4 Å². The minimum atomic E-state index is -1.01. The van der Waals surface area contributed by atoms with E-state index in [0.717, 1.165) is 27.1 Å². The number of anilines is 1. The van der Waals surface area contributed by atoms with Gasteiger partial charge in [-0.2, -0.15) is 0 Å². The number of nitrogens with one attached hydrogen (secondary N) is 1. The molecule has 0 saturated carbocycles. The van der Waals surface area contributed by atoms with Crippen LogP contribution < -0.4 is 21.2 Å². The molecular formula is C30H30N2O4. The fourth-order valence-electron chi connectivity index (χ4n) is 4.51. The third-order valence-corrected chi connectivity index (χ3v) is 6.09. The number of nitrogens with zero attached hydrogens (tertiary/aromatic N) is 1. The van der Waals surface area contributed by atoms with Crippen molar-refractivity contribution in [2.24, 2.45) is 0 Å². The van der Waals surface area contributed by atoms with Crippen molar-refractivity contribution in [3.05, 3.63) is 98.0 Å². The second-order valence-electron chi connectivity index (χ2n) is 9.11. The molecule has 2 N–H and O–H groups in total. The van der Waals surface area contributed by atoms with Gasteiger partial charge in [0.05, 0.1) is 17.0 Å². The lowest BCUT2D eigenvalue weighted by Gasteiger charge is -2.19. The van der Waals surface area contributed by atoms with E-state index in [4.69, 9.17) is 4.42 Å². The second-order valence-corrected chi connectivity index (χ2v) is 9.11. The molecule has 4 rings (SSSR count). The molecule has 0 aliphatic carbocycles. The van der Waals surface area contributed by atoms with Crippen LogP contribution in [0.2, 0.25) is 0 Å². The zero-order valence-electron chi connectivity index (χ0n) is 21.1. The van der Waals surface area contributed by atoms with Gasteiger partial charge in [0.2, 0.25) is 0 Å².